The van der Waals surface area contributed by atoms with E-state index in [1.807, 2.05) is 11.3 Å². The Hall–Kier alpha value is -6.82. The minimum absolute atomic E-state index is 0.0889. The van der Waals surface area contributed by atoms with Gasteiger partial charge in [-0.3, -0.25) is 0 Å². The first-order chi connectivity index (χ1) is 27.3. The molecule has 13 rings (SSSR count). The SMILES string of the molecule is c1ccc(-c2ccc(N3c4ccc(-c5ccccc5)cc4B4c5c(cc6c(sc7ccccc76)c53)-c3cccc5c6oc7ccccc7c6n4c35)cc2)cc1. The predicted octanol–water partition coefficient (Wildman–Crippen LogP) is 12.7. The van der Waals surface area contributed by atoms with Crippen LogP contribution in [0.5, 0.6) is 0 Å². The molecule has 0 aliphatic carbocycles. The third-order valence-electron chi connectivity index (χ3n) is 12.0. The van der Waals surface area contributed by atoms with Crippen LogP contribution in [-0.4, -0.2) is 11.3 Å². The van der Waals surface area contributed by atoms with Gasteiger partial charge in [-0.15, -0.1) is 11.3 Å². The van der Waals surface area contributed by atoms with Crippen molar-refractivity contribution in [3.05, 3.63) is 176 Å². The summed E-state index contributed by atoms with van der Waals surface area (Å²) in [4.78, 5) is 2.56. The van der Waals surface area contributed by atoms with Gasteiger partial charge in [-0.25, -0.2) is 0 Å². The maximum absolute atomic E-state index is 6.78. The molecule has 5 heterocycles. The number of anilines is 3. The van der Waals surface area contributed by atoms with Gasteiger partial charge in [0.05, 0.1) is 15.9 Å². The summed E-state index contributed by atoms with van der Waals surface area (Å²) in [5, 5.41) is 4.91. The lowest BCUT2D eigenvalue weighted by Gasteiger charge is -2.41. The average Bonchev–Trinajstić information content (AvgIpc) is 3.92. The van der Waals surface area contributed by atoms with Crippen molar-refractivity contribution in [2.75, 3.05) is 4.90 Å². The Bertz CT molecular complexity index is 3380. The average molecular weight is 717 g/mol. The van der Waals surface area contributed by atoms with Gasteiger partial charge in [-0.2, -0.15) is 0 Å². The summed E-state index contributed by atoms with van der Waals surface area (Å²) in [6.07, 6.45) is 0. The van der Waals surface area contributed by atoms with Crippen LogP contribution < -0.4 is 15.8 Å². The first-order valence-corrected chi connectivity index (χ1v) is 19.7. The maximum atomic E-state index is 6.78. The van der Waals surface area contributed by atoms with Crippen molar-refractivity contribution >= 4 is 99.3 Å². The molecule has 55 heavy (non-hydrogen) atoms. The molecule has 0 fully saturated rings. The molecule has 8 aromatic carbocycles. The van der Waals surface area contributed by atoms with Crippen molar-refractivity contribution in [3.63, 3.8) is 0 Å². The van der Waals surface area contributed by atoms with E-state index in [4.69, 9.17) is 4.42 Å². The van der Waals surface area contributed by atoms with Crippen LogP contribution in [0.25, 0.3) is 86.5 Å². The van der Waals surface area contributed by atoms with E-state index in [9.17, 15) is 0 Å². The quantitative estimate of drug-likeness (QED) is 0.170. The van der Waals surface area contributed by atoms with E-state index in [1.54, 1.807) is 0 Å². The first kappa shape index (κ1) is 29.6. The molecule has 2 aliphatic heterocycles. The summed E-state index contributed by atoms with van der Waals surface area (Å²) in [5.41, 5.74) is 17.9. The lowest BCUT2D eigenvalue weighted by molar-refractivity contribution is 0.673. The van der Waals surface area contributed by atoms with Gasteiger partial charge in [-0.1, -0.05) is 127 Å². The predicted molar refractivity (Wildman–Crippen MR) is 234 cm³/mol. The van der Waals surface area contributed by atoms with Crippen molar-refractivity contribution in [2.45, 2.75) is 0 Å². The maximum Gasteiger partial charge on any atom is 0.333 e. The highest BCUT2D eigenvalue weighted by molar-refractivity contribution is 7.26. The molecular weight excluding hydrogens is 687 g/mol. The van der Waals surface area contributed by atoms with Crippen LogP contribution in [0, 0.1) is 0 Å². The minimum Gasteiger partial charge on any atom is -0.454 e. The van der Waals surface area contributed by atoms with Gasteiger partial charge in [0.1, 0.15) is 5.58 Å². The van der Waals surface area contributed by atoms with Gasteiger partial charge < -0.3 is 13.8 Å². The normalized spacial score (nSPS) is 13.0. The molecule has 5 heteroatoms. The third kappa shape index (κ3) is 3.95. The highest BCUT2D eigenvalue weighted by Gasteiger charge is 2.45. The molecule has 2 aliphatic rings. The van der Waals surface area contributed by atoms with Crippen LogP contribution >= 0.6 is 11.3 Å². The molecule has 0 amide bonds. The number of fused-ring (bicyclic) bond motifs is 13. The lowest BCUT2D eigenvalue weighted by Crippen LogP contribution is -2.56. The fourth-order valence-electron chi connectivity index (χ4n) is 9.64. The summed E-state index contributed by atoms with van der Waals surface area (Å²) in [6.45, 7) is -0.0889. The number of para-hydroxylation sites is 2. The monoisotopic (exact) mass is 716 g/mol. The number of rotatable bonds is 3. The number of nitrogens with zero attached hydrogens (tertiary/aromatic N) is 2. The number of thiophene rings is 1. The summed E-state index contributed by atoms with van der Waals surface area (Å²) in [5.74, 6) is 0. The van der Waals surface area contributed by atoms with E-state index in [0.717, 1.165) is 33.1 Å². The molecule has 0 radical (unpaired) electrons. The Morgan fingerprint density at radius 1 is 0.491 bits per heavy atom. The Labute approximate surface area is 321 Å². The van der Waals surface area contributed by atoms with Crippen molar-refractivity contribution in [1.82, 2.24) is 4.48 Å². The number of hydrogen-bond acceptors (Lipinski definition) is 3. The molecular formula is C50H29BN2OS. The fourth-order valence-corrected chi connectivity index (χ4v) is 10.9. The molecule has 11 aromatic rings. The summed E-state index contributed by atoms with van der Waals surface area (Å²) in [7, 11) is 0. The molecule has 0 bridgehead atoms. The van der Waals surface area contributed by atoms with Gasteiger partial charge in [-0.05, 0) is 87.3 Å². The van der Waals surface area contributed by atoms with E-state index >= 15 is 0 Å². The number of hydrogen-bond donors (Lipinski definition) is 0. The largest absolute Gasteiger partial charge is 0.454 e. The van der Waals surface area contributed by atoms with Crippen LogP contribution in [0.1, 0.15) is 0 Å². The van der Waals surface area contributed by atoms with E-state index in [1.165, 1.54) is 81.4 Å². The number of furan rings is 1. The highest BCUT2D eigenvalue weighted by atomic mass is 32.1. The molecule has 0 saturated heterocycles. The van der Waals surface area contributed by atoms with Crippen LogP contribution in [0.3, 0.4) is 0 Å². The van der Waals surface area contributed by atoms with Crippen LogP contribution in [0.2, 0.25) is 0 Å². The zero-order valence-corrected chi connectivity index (χ0v) is 30.3. The standard InChI is InChI=1S/C50H29BN2OS/c1-3-12-30(13-4-1)32-22-25-34(26-23-32)52-42-27-24-33(31-14-5-2-6-15-31)28-41(42)51-45-39(29-40-35-16-8-10-21-44(35)55-50(40)48(45)52)36-18-11-19-38-46(36)53(51)47-37-17-7-9-20-43(37)54-49(38)47/h1-29H. The topological polar surface area (TPSA) is 21.3 Å². The van der Waals surface area contributed by atoms with Crippen molar-refractivity contribution in [1.29, 1.82) is 0 Å². The van der Waals surface area contributed by atoms with E-state index in [2.05, 4.69) is 185 Å². The summed E-state index contributed by atoms with van der Waals surface area (Å²) < 4.78 is 12.0. The van der Waals surface area contributed by atoms with Gasteiger partial charge in [0, 0.05) is 48.7 Å². The fraction of sp³-hybridized carbons (Fsp3) is 0. The van der Waals surface area contributed by atoms with Gasteiger partial charge >= 0.3 is 6.85 Å². The Morgan fingerprint density at radius 2 is 1.16 bits per heavy atom. The Morgan fingerprint density at radius 3 is 1.98 bits per heavy atom. The van der Waals surface area contributed by atoms with Gasteiger partial charge in [0.15, 0.2) is 5.58 Å². The second-order valence-corrected chi connectivity index (χ2v) is 15.9. The Kier molecular flexibility index (Phi) is 5.86. The van der Waals surface area contributed by atoms with Crippen LogP contribution in [0.4, 0.5) is 17.1 Å². The lowest BCUT2D eigenvalue weighted by atomic mass is 9.45. The smallest absolute Gasteiger partial charge is 0.333 e. The second kappa shape index (κ2) is 10.9. The summed E-state index contributed by atoms with van der Waals surface area (Å²) >= 11 is 1.91. The number of aromatic nitrogens is 1. The molecule has 254 valence electrons. The van der Waals surface area contributed by atoms with Crippen molar-refractivity contribution < 1.29 is 4.42 Å². The second-order valence-electron chi connectivity index (χ2n) is 14.8. The molecule has 0 saturated carbocycles. The molecule has 0 unspecified atom stereocenters. The van der Waals surface area contributed by atoms with Gasteiger partial charge in [0.25, 0.3) is 0 Å². The highest BCUT2D eigenvalue weighted by Crippen LogP contribution is 2.52. The summed E-state index contributed by atoms with van der Waals surface area (Å²) in [6, 6.07) is 64.5. The molecule has 3 nitrogen and oxygen atoms in total. The molecule has 0 atom stereocenters. The third-order valence-corrected chi connectivity index (χ3v) is 13.2. The zero-order chi connectivity index (χ0) is 35.8. The Balaban J connectivity index is 1.20. The van der Waals surface area contributed by atoms with Crippen molar-refractivity contribution in [2.24, 2.45) is 0 Å². The molecule has 0 spiro atoms. The molecule has 3 aromatic heterocycles. The van der Waals surface area contributed by atoms with Crippen molar-refractivity contribution in [3.8, 4) is 33.4 Å². The first-order valence-electron chi connectivity index (χ1n) is 18.9. The van der Waals surface area contributed by atoms with Crippen LogP contribution in [0.15, 0.2) is 180 Å². The zero-order valence-electron chi connectivity index (χ0n) is 29.5. The minimum atomic E-state index is -0.0889. The van der Waals surface area contributed by atoms with Crippen LogP contribution in [-0.2, 0) is 0 Å². The van der Waals surface area contributed by atoms with Gasteiger partial charge in [0.2, 0.25) is 0 Å². The number of benzene rings is 8. The van der Waals surface area contributed by atoms with E-state index < -0.39 is 0 Å². The van der Waals surface area contributed by atoms with E-state index in [0.29, 0.717) is 0 Å². The molecule has 0 N–H and O–H groups in total. The van der Waals surface area contributed by atoms with E-state index in [-0.39, 0.29) is 6.85 Å².